The van der Waals surface area contributed by atoms with E-state index >= 15 is 0 Å². The van der Waals surface area contributed by atoms with Gasteiger partial charge in [0.25, 0.3) is 11.3 Å². The van der Waals surface area contributed by atoms with E-state index in [0.717, 1.165) is 11.1 Å². The lowest BCUT2D eigenvalue weighted by molar-refractivity contribution is 0.230. The van der Waals surface area contributed by atoms with Crippen molar-refractivity contribution >= 4 is 11.7 Å². The van der Waals surface area contributed by atoms with Gasteiger partial charge in [-0.25, -0.2) is 4.98 Å². The molecule has 166 valence electrons. The van der Waals surface area contributed by atoms with E-state index in [1.54, 1.807) is 7.11 Å². The highest BCUT2D eigenvalue weighted by Gasteiger charge is 2.14. The van der Waals surface area contributed by atoms with Crippen LogP contribution in [0.3, 0.4) is 0 Å². The minimum Gasteiger partial charge on any atom is -0.493 e. The maximum Gasteiger partial charge on any atom is 0.277 e. The predicted molar refractivity (Wildman–Crippen MR) is 124 cm³/mol. The molecular weight excluding hydrogens is 406 g/mol. The third-order valence-electron chi connectivity index (χ3n) is 5.07. The zero-order chi connectivity index (χ0) is 22.7. The summed E-state index contributed by atoms with van der Waals surface area (Å²) in [4.78, 5) is 22.0. The fourth-order valence-electron chi connectivity index (χ4n) is 3.50. The first kappa shape index (κ1) is 21.4. The van der Waals surface area contributed by atoms with Gasteiger partial charge >= 0.3 is 0 Å². The number of aryl methyl sites for hydroxylation is 1. The normalized spacial score (nSPS) is 11.2. The number of aromatic nitrogens is 4. The van der Waals surface area contributed by atoms with Gasteiger partial charge in [-0.3, -0.25) is 9.89 Å². The summed E-state index contributed by atoms with van der Waals surface area (Å²) < 4.78 is 12.6. The topological polar surface area (TPSA) is 93.5 Å². The number of benzene rings is 2. The van der Waals surface area contributed by atoms with Gasteiger partial charge in [0.05, 0.1) is 18.9 Å². The van der Waals surface area contributed by atoms with Crippen LogP contribution in [0.5, 0.6) is 11.5 Å². The Morgan fingerprint density at radius 1 is 1.06 bits per heavy atom. The summed E-state index contributed by atoms with van der Waals surface area (Å²) in [5.74, 6) is 2.17. The lowest BCUT2D eigenvalue weighted by Crippen LogP contribution is -2.22. The molecule has 32 heavy (non-hydrogen) atoms. The Hall–Kier alpha value is -3.81. The molecule has 2 aromatic carbocycles. The van der Waals surface area contributed by atoms with E-state index in [4.69, 9.17) is 9.47 Å². The molecule has 8 nitrogen and oxygen atoms in total. The van der Waals surface area contributed by atoms with E-state index < -0.39 is 0 Å². The van der Waals surface area contributed by atoms with Gasteiger partial charge in [0.2, 0.25) is 5.95 Å². The van der Waals surface area contributed by atoms with Gasteiger partial charge in [-0.15, -0.1) is 0 Å². The first-order valence-electron chi connectivity index (χ1n) is 10.5. The van der Waals surface area contributed by atoms with Gasteiger partial charge in [0.1, 0.15) is 0 Å². The van der Waals surface area contributed by atoms with Gasteiger partial charge in [0.15, 0.2) is 11.5 Å². The Morgan fingerprint density at radius 2 is 1.84 bits per heavy atom. The number of nitrogens with zero attached hydrogens (tertiary/aromatic N) is 3. The standard InChI is InChI=1S/C24H27N5O3/c1-15(2)32-20-11-10-18(13-21(20)31-4)14-25-23-27-24-26-16(3)19(22(30)29(24)28-23)12-17-8-6-5-7-9-17/h5-11,13,15H,12,14H2,1-4H3,(H2,25,26,27,28). The van der Waals surface area contributed by atoms with Crippen LogP contribution in [0.25, 0.3) is 5.78 Å². The summed E-state index contributed by atoms with van der Waals surface area (Å²) in [7, 11) is 1.62. The number of rotatable bonds is 8. The number of methoxy groups -OCH3 is 1. The van der Waals surface area contributed by atoms with Crippen LogP contribution in [0.4, 0.5) is 5.95 Å². The van der Waals surface area contributed by atoms with E-state index in [0.29, 0.717) is 47.4 Å². The van der Waals surface area contributed by atoms with Crippen LogP contribution in [-0.2, 0) is 13.0 Å². The van der Waals surface area contributed by atoms with Crippen molar-refractivity contribution in [2.24, 2.45) is 0 Å². The van der Waals surface area contributed by atoms with Crippen LogP contribution in [0.1, 0.15) is 36.2 Å². The number of fused-ring (bicyclic) bond motifs is 1. The van der Waals surface area contributed by atoms with Crippen LogP contribution in [0.15, 0.2) is 53.3 Å². The quantitative estimate of drug-likeness (QED) is 0.440. The maximum absolute atomic E-state index is 13.0. The van der Waals surface area contributed by atoms with Crippen LogP contribution < -0.4 is 20.3 Å². The van der Waals surface area contributed by atoms with Crippen molar-refractivity contribution in [3.05, 3.63) is 81.3 Å². The largest absolute Gasteiger partial charge is 0.493 e. The average Bonchev–Trinajstić information content (AvgIpc) is 3.19. The maximum atomic E-state index is 13.0. The molecule has 0 aliphatic rings. The summed E-state index contributed by atoms with van der Waals surface area (Å²) in [6.07, 6.45) is 0.581. The lowest BCUT2D eigenvalue weighted by atomic mass is 10.1. The molecule has 0 saturated carbocycles. The molecule has 0 spiro atoms. The summed E-state index contributed by atoms with van der Waals surface area (Å²) >= 11 is 0. The van der Waals surface area contributed by atoms with Crippen molar-refractivity contribution in [3.63, 3.8) is 0 Å². The Labute approximate surface area is 186 Å². The summed E-state index contributed by atoms with van der Waals surface area (Å²) in [6, 6.07) is 15.6. The second-order valence-corrected chi connectivity index (χ2v) is 7.86. The van der Waals surface area contributed by atoms with Crippen molar-refractivity contribution in [2.45, 2.75) is 39.8 Å². The Balaban J connectivity index is 1.54. The van der Waals surface area contributed by atoms with E-state index in [2.05, 4.69) is 20.4 Å². The molecule has 0 unspecified atom stereocenters. The smallest absolute Gasteiger partial charge is 0.277 e. The Morgan fingerprint density at radius 3 is 2.56 bits per heavy atom. The van der Waals surface area contributed by atoms with Crippen molar-refractivity contribution < 1.29 is 9.47 Å². The number of aromatic amines is 1. The Kier molecular flexibility index (Phi) is 6.11. The third kappa shape index (κ3) is 4.59. The first-order chi connectivity index (χ1) is 15.4. The van der Waals surface area contributed by atoms with Gasteiger partial charge in [-0.05, 0) is 44.0 Å². The highest BCUT2D eigenvalue weighted by Crippen LogP contribution is 2.29. The Bertz CT molecular complexity index is 1280. The van der Waals surface area contributed by atoms with Crippen molar-refractivity contribution in [3.8, 4) is 11.5 Å². The number of ether oxygens (including phenoxy) is 2. The molecule has 2 heterocycles. The van der Waals surface area contributed by atoms with Gasteiger partial charge in [0, 0.05) is 18.5 Å². The fourth-order valence-corrected chi connectivity index (χ4v) is 3.50. The van der Waals surface area contributed by atoms with Gasteiger partial charge < -0.3 is 14.8 Å². The number of anilines is 1. The van der Waals surface area contributed by atoms with Crippen LogP contribution in [0.2, 0.25) is 0 Å². The summed E-state index contributed by atoms with van der Waals surface area (Å²) in [6.45, 7) is 6.27. The SMILES string of the molecule is COc1cc(CNc2nc3nc(C)c(Cc4ccccc4)c(=O)n3[nH]2)ccc1OC(C)C. The molecule has 0 radical (unpaired) electrons. The fraction of sp³-hybridized carbons (Fsp3) is 0.292. The molecule has 2 aromatic heterocycles. The monoisotopic (exact) mass is 433 g/mol. The minimum atomic E-state index is -0.145. The highest BCUT2D eigenvalue weighted by molar-refractivity contribution is 5.45. The highest BCUT2D eigenvalue weighted by atomic mass is 16.5. The molecule has 8 heteroatoms. The molecule has 0 aliphatic heterocycles. The van der Waals surface area contributed by atoms with E-state index in [9.17, 15) is 4.79 Å². The molecule has 0 atom stereocenters. The number of hydrogen-bond donors (Lipinski definition) is 2. The summed E-state index contributed by atoms with van der Waals surface area (Å²) in [5.41, 5.74) is 3.23. The molecule has 2 N–H and O–H groups in total. The van der Waals surface area contributed by atoms with E-state index in [-0.39, 0.29) is 11.7 Å². The first-order valence-corrected chi connectivity index (χ1v) is 10.5. The van der Waals surface area contributed by atoms with Crippen molar-refractivity contribution in [1.82, 2.24) is 19.6 Å². The minimum absolute atomic E-state index is 0.0597. The molecule has 4 aromatic rings. The predicted octanol–water partition coefficient (Wildman–Crippen LogP) is 3.72. The summed E-state index contributed by atoms with van der Waals surface area (Å²) in [5, 5.41) is 6.23. The van der Waals surface area contributed by atoms with Gasteiger partial charge in [-0.2, -0.15) is 9.50 Å². The number of nitrogens with one attached hydrogen (secondary N) is 2. The molecule has 0 fully saturated rings. The molecule has 0 saturated heterocycles. The van der Waals surface area contributed by atoms with Crippen LogP contribution >= 0.6 is 0 Å². The zero-order valence-corrected chi connectivity index (χ0v) is 18.7. The molecule has 0 amide bonds. The third-order valence-corrected chi connectivity index (χ3v) is 5.07. The van der Waals surface area contributed by atoms with E-state index in [1.165, 1.54) is 4.52 Å². The molecule has 0 bridgehead atoms. The number of H-pyrrole nitrogens is 1. The van der Waals surface area contributed by atoms with Crippen LogP contribution in [-0.4, -0.2) is 32.8 Å². The van der Waals surface area contributed by atoms with Crippen molar-refractivity contribution in [1.29, 1.82) is 0 Å². The second kappa shape index (κ2) is 9.13. The van der Waals surface area contributed by atoms with Crippen LogP contribution in [0, 0.1) is 6.92 Å². The molecule has 4 rings (SSSR count). The molecule has 0 aliphatic carbocycles. The average molecular weight is 434 g/mol. The molecular formula is C24H27N5O3. The zero-order valence-electron chi connectivity index (χ0n) is 18.7. The second-order valence-electron chi connectivity index (χ2n) is 7.86. The van der Waals surface area contributed by atoms with Crippen molar-refractivity contribution in [2.75, 3.05) is 12.4 Å². The van der Waals surface area contributed by atoms with Gasteiger partial charge in [-0.1, -0.05) is 36.4 Å². The number of hydrogen-bond acceptors (Lipinski definition) is 6. The van der Waals surface area contributed by atoms with E-state index in [1.807, 2.05) is 69.3 Å². The lowest BCUT2D eigenvalue weighted by Gasteiger charge is -2.14.